The first-order chi connectivity index (χ1) is 11.1. The average molecular weight is 309 g/mol. The van der Waals surface area contributed by atoms with Crippen LogP contribution in [0.3, 0.4) is 0 Å². The molecule has 3 heteroatoms. The van der Waals surface area contributed by atoms with Gasteiger partial charge < -0.3 is 15.2 Å². The third-order valence-corrected chi connectivity index (χ3v) is 3.45. The van der Waals surface area contributed by atoms with E-state index in [-0.39, 0.29) is 0 Å². The highest BCUT2D eigenvalue weighted by molar-refractivity contribution is 5.59. The second-order valence-electron chi connectivity index (χ2n) is 5.38. The van der Waals surface area contributed by atoms with Crippen molar-refractivity contribution < 1.29 is 9.47 Å². The molecule has 0 saturated carbocycles. The minimum Gasteiger partial charge on any atom is -0.493 e. The molecular weight excluding hydrogens is 286 g/mol. The fourth-order valence-corrected chi connectivity index (χ4v) is 2.02. The van der Waals surface area contributed by atoms with E-state index in [0.29, 0.717) is 24.7 Å². The maximum absolute atomic E-state index is 5.66. The van der Waals surface area contributed by atoms with Crippen molar-refractivity contribution >= 4 is 17.2 Å². The summed E-state index contributed by atoms with van der Waals surface area (Å²) in [6, 6.07) is 15.6. The molecule has 0 unspecified atom stereocenters. The van der Waals surface area contributed by atoms with Gasteiger partial charge in [0.05, 0.1) is 13.2 Å². The molecule has 0 heterocycles. The summed E-state index contributed by atoms with van der Waals surface area (Å²) in [6.07, 6.45) is 0.763. The number of aryl methyl sites for hydroxylation is 1. The molecule has 0 aliphatic rings. The Balaban J connectivity index is 1.67. The molecular formula is C20H23NO2. The second-order valence-corrected chi connectivity index (χ2v) is 5.38. The molecule has 0 amide bonds. The zero-order valence-corrected chi connectivity index (χ0v) is 13.5. The molecule has 120 valence electrons. The van der Waals surface area contributed by atoms with Crippen molar-refractivity contribution in [3.8, 4) is 0 Å². The van der Waals surface area contributed by atoms with Crippen LogP contribution in [0, 0.1) is 6.92 Å². The number of ether oxygens (including phenoxy) is 2. The van der Waals surface area contributed by atoms with Crippen LogP contribution in [-0.4, -0.2) is 13.2 Å². The lowest BCUT2D eigenvalue weighted by Gasteiger charge is -2.12. The van der Waals surface area contributed by atoms with E-state index in [1.54, 1.807) is 0 Å². The minimum atomic E-state index is 0.546. The largest absolute Gasteiger partial charge is 0.493 e. The summed E-state index contributed by atoms with van der Waals surface area (Å²) < 4.78 is 11.3. The highest BCUT2D eigenvalue weighted by Gasteiger charge is 2.02. The van der Waals surface area contributed by atoms with Crippen LogP contribution in [0.15, 0.2) is 61.7 Å². The van der Waals surface area contributed by atoms with Gasteiger partial charge in [0, 0.05) is 23.2 Å². The van der Waals surface area contributed by atoms with Crippen molar-refractivity contribution in [2.45, 2.75) is 13.3 Å². The summed E-state index contributed by atoms with van der Waals surface area (Å²) in [5.74, 6) is 1.32. The highest BCUT2D eigenvalue weighted by atomic mass is 16.5. The SMILES string of the molecule is C=C(OCCCOC(=C)c1ccc(N)cc1)c1ccc(C)cc1. The van der Waals surface area contributed by atoms with E-state index >= 15 is 0 Å². The Morgan fingerprint density at radius 3 is 1.74 bits per heavy atom. The van der Waals surface area contributed by atoms with Gasteiger partial charge in [-0.2, -0.15) is 0 Å². The standard InChI is InChI=1S/C20H23NO2/c1-15-5-7-18(8-6-15)16(2)22-13-4-14-23-17(3)19-9-11-20(21)12-10-19/h5-12H,2-4,13-14,21H2,1H3. The number of hydrogen-bond donors (Lipinski definition) is 1. The molecule has 0 fully saturated rings. The number of nitrogens with two attached hydrogens (primary N) is 1. The minimum absolute atomic E-state index is 0.546. The van der Waals surface area contributed by atoms with Crippen molar-refractivity contribution in [2.24, 2.45) is 0 Å². The molecule has 2 aromatic rings. The van der Waals surface area contributed by atoms with Gasteiger partial charge in [-0.3, -0.25) is 0 Å². The lowest BCUT2D eigenvalue weighted by molar-refractivity contribution is 0.210. The first-order valence-electron chi connectivity index (χ1n) is 7.62. The Hall–Kier alpha value is -2.68. The van der Waals surface area contributed by atoms with Gasteiger partial charge >= 0.3 is 0 Å². The normalized spacial score (nSPS) is 10.1. The molecule has 0 saturated heterocycles. The highest BCUT2D eigenvalue weighted by Crippen LogP contribution is 2.17. The topological polar surface area (TPSA) is 44.5 Å². The maximum atomic E-state index is 5.66. The van der Waals surface area contributed by atoms with Gasteiger partial charge in [0.15, 0.2) is 0 Å². The molecule has 0 aliphatic carbocycles. The van der Waals surface area contributed by atoms with Crippen molar-refractivity contribution in [1.82, 2.24) is 0 Å². The quantitative estimate of drug-likeness (QED) is 0.439. The monoisotopic (exact) mass is 309 g/mol. The lowest BCUT2D eigenvalue weighted by atomic mass is 10.1. The molecule has 0 radical (unpaired) electrons. The molecule has 0 spiro atoms. The van der Waals surface area contributed by atoms with Crippen LogP contribution in [0.2, 0.25) is 0 Å². The van der Waals surface area contributed by atoms with Crippen LogP contribution in [0.4, 0.5) is 5.69 Å². The number of rotatable bonds is 8. The number of anilines is 1. The maximum Gasteiger partial charge on any atom is 0.119 e. The molecule has 23 heavy (non-hydrogen) atoms. The van der Waals surface area contributed by atoms with Gasteiger partial charge in [0.25, 0.3) is 0 Å². The van der Waals surface area contributed by atoms with Crippen molar-refractivity contribution in [3.05, 3.63) is 78.4 Å². The van der Waals surface area contributed by atoms with E-state index in [2.05, 4.69) is 20.1 Å². The average Bonchev–Trinajstić information content (AvgIpc) is 2.55. The molecule has 2 rings (SSSR count). The van der Waals surface area contributed by atoms with Gasteiger partial charge in [-0.1, -0.05) is 43.0 Å². The van der Waals surface area contributed by atoms with Crippen LogP contribution >= 0.6 is 0 Å². The van der Waals surface area contributed by atoms with Crippen molar-refractivity contribution in [1.29, 1.82) is 0 Å². The van der Waals surface area contributed by atoms with Gasteiger partial charge in [-0.25, -0.2) is 0 Å². The van der Waals surface area contributed by atoms with Gasteiger partial charge in [0.2, 0.25) is 0 Å². The van der Waals surface area contributed by atoms with E-state index < -0.39 is 0 Å². The van der Waals surface area contributed by atoms with E-state index in [1.807, 2.05) is 48.5 Å². The van der Waals surface area contributed by atoms with Crippen LogP contribution in [0.1, 0.15) is 23.1 Å². The second kappa shape index (κ2) is 8.08. The predicted molar refractivity (Wildman–Crippen MR) is 96.6 cm³/mol. The van der Waals surface area contributed by atoms with Crippen LogP contribution < -0.4 is 5.73 Å². The van der Waals surface area contributed by atoms with Gasteiger partial charge in [-0.15, -0.1) is 0 Å². The van der Waals surface area contributed by atoms with Crippen LogP contribution in [0.5, 0.6) is 0 Å². The Morgan fingerprint density at radius 1 is 0.826 bits per heavy atom. The molecule has 0 atom stereocenters. The lowest BCUT2D eigenvalue weighted by Crippen LogP contribution is -2.00. The van der Waals surface area contributed by atoms with Gasteiger partial charge in [-0.05, 0) is 31.2 Å². The summed E-state index contributed by atoms with van der Waals surface area (Å²) in [6.45, 7) is 11.0. The smallest absolute Gasteiger partial charge is 0.119 e. The molecule has 2 N–H and O–H groups in total. The molecule has 0 aliphatic heterocycles. The Bertz CT molecular complexity index is 598. The Labute approximate surface area is 138 Å². The molecule has 0 bridgehead atoms. The first kappa shape index (κ1) is 16.7. The van der Waals surface area contributed by atoms with Gasteiger partial charge in [0.1, 0.15) is 11.5 Å². The van der Waals surface area contributed by atoms with Crippen molar-refractivity contribution in [2.75, 3.05) is 18.9 Å². The molecule has 3 nitrogen and oxygen atoms in total. The zero-order chi connectivity index (χ0) is 16.7. The summed E-state index contributed by atoms with van der Waals surface area (Å²) in [4.78, 5) is 0. The molecule has 0 aromatic heterocycles. The predicted octanol–water partition coefficient (Wildman–Crippen LogP) is 4.64. The fraction of sp³-hybridized carbons (Fsp3) is 0.200. The Morgan fingerprint density at radius 2 is 1.26 bits per heavy atom. The summed E-state index contributed by atoms with van der Waals surface area (Å²) >= 11 is 0. The Kier molecular flexibility index (Phi) is 5.87. The van der Waals surface area contributed by atoms with E-state index in [9.17, 15) is 0 Å². The number of nitrogen functional groups attached to an aromatic ring is 1. The summed E-state index contributed by atoms with van der Waals surface area (Å²) in [5, 5.41) is 0. The number of hydrogen-bond acceptors (Lipinski definition) is 3. The zero-order valence-electron chi connectivity index (χ0n) is 13.5. The number of benzene rings is 2. The van der Waals surface area contributed by atoms with E-state index in [0.717, 1.165) is 23.2 Å². The third-order valence-electron chi connectivity index (χ3n) is 3.45. The van der Waals surface area contributed by atoms with E-state index in [4.69, 9.17) is 15.2 Å². The molecule has 2 aromatic carbocycles. The summed E-state index contributed by atoms with van der Waals surface area (Å²) in [5.41, 5.74) is 9.54. The van der Waals surface area contributed by atoms with Crippen molar-refractivity contribution in [3.63, 3.8) is 0 Å². The third kappa shape index (κ3) is 5.22. The fourth-order valence-electron chi connectivity index (χ4n) is 2.02. The van der Waals surface area contributed by atoms with Crippen LogP contribution in [-0.2, 0) is 9.47 Å². The van der Waals surface area contributed by atoms with Crippen LogP contribution in [0.25, 0.3) is 11.5 Å². The summed E-state index contributed by atoms with van der Waals surface area (Å²) in [7, 11) is 0. The van der Waals surface area contributed by atoms with E-state index in [1.165, 1.54) is 5.56 Å². The first-order valence-corrected chi connectivity index (χ1v) is 7.62.